The Morgan fingerprint density at radius 3 is 2.90 bits per heavy atom. The van der Waals surface area contributed by atoms with E-state index in [4.69, 9.17) is 0 Å². The molecule has 0 radical (unpaired) electrons. The number of ketones is 1. The van der Waals surface area contributed by atoms with E-state index in [0.717, 1.165) is 12.8 Å². The van der Waals surface area contributed by atoms with E-state index in [1.807, 2.05) is 0 Å². The maximum Gasteiger partial charge on any atom is 0.268 e. The predicted octanol–water partition coefficient (Wildman–Crippen LogP) is 2.16. The van der Waals surface area contributed by atoms with Gasteiger partial charge in [0.15, 0.2) is 17.2 Å². The molecular weight excluding hydrogens is 256 g/mol. The van der Waals surface area contributed by atoms with Crippen LogP contribution in [0.25, 0.3) is 5.65 Å². The van der Waals surface area contributed by atoms with Gasteiger partial charge >= 0.3 is 0 Å². The molecule has 5 heteroatoms. The first-order valence-corrected chi connectivity index (χ1v) is 6.89. The average molecular weight is 272 g/mol. The topological polar surface area (TPSA) is 71.7 Å². The van der Waals surface area contributed by atoms with Crippen molar-refractivity contribution in [3.8, 4) is 5.75 Å². The predicted molar refractivity (Wildman–Crippen MR) is 74.0 cm³/mol. The van der Waals surface area contributed by atoms with Crippen LogP contribution in [-0.4, -0.2) is 20.3 Å². The Balaban J connectivity index is 1.97. The number of carbonyl (C=O) groups is 1. The summed E-state index contributed by atoms with van der Waals surface area (Å²) in [6.45, 7) is 0. The summed E-state index contributed by atoms with van der Waals surface area (Å²) in [7, 11) is 0. The normalized spacial score (nSPS) is 15.8. The van der Waals surface area contributed by atoms with Gasteiger partial charge in [0.05, 0.1) is 0 Å². The Morgan fingerprint density at radius 2 is 2.15 bits per heavy atom. The molecule has 3 rings (SSSR count). The van der Waals surface area contributed by atoms with Crippen LogP contribution < -0.4 is 5.56 Å². The van der Waals surface area contributed by atoms with Gasteiger partial charge < -0.3 is 5.11 Å². The Hall–Kier alpha value is -2.17. The van der Waals surface area contributed by atoms with Crippen LogP contribution >= 0.6 is 0 Å². The van der Waals surface area contributed by atoms with E-state index in [0.29, 0.717) is 12.3 Å². The fraction of sp³-hybridized carbons (Fsp3) is 0.400. The van der Waals surface area contributed by atoms with Gasteiger partial charge in [0.25, 0.3) is 5.56 Å². The summed E-state index contributed by atoms with van der Waals surface area (Å²) in [4.78, 5) is 28.6. The van der Waals surface area contributed by atoms with Crippen molar-refractivity contribution >= 4 is 11.4 Å². The summed E-state index contributed by atoms with van der Waals surface area (Å²) in [5, 5.41) is 9.65. The van der Waals surface area contributed by atoms with E-state index in [1.54, 1.807) is 6.07 Å². The molecule has 2 aromatic rings. The lowest BCUT2D eigenvalue weighted by molar-refractivity contribution is 0.0960. The van der Waals surface area contributed by atoms with E-state index >= 15 is 0 Å². The molecule has 1 aliphatic rings. The molecule has 1 N–H and O–H groups in total. The number of aromatic nitrogens is 2. The Bertz CT molecular complexity index is 715. The second-order valence-electron chi connectivity index (χ2n) is 5.34. The molecule has 0 aliphatic heterocycles. The fourth-order valence-electron chi connectivity index (χ4n) is 2.87. The maximum atomic E-state index is 12.3. The second-order valence-corrected chi connectivity index (χ2v) is 5.34. The van der Waals surface area contributed by atoms with E-state index in [1.165, 1.54) is 35.7 Å². The van der Waals surface area contributed by atoms with Crippen LogP contribution in [-0.2, 0) is 0 Å². The van der Waals surface area contributed by atoms with Crippen LogP contribution in [0.15, 0.2) is 29.3 Å². The standard InChI is InChI=1S/C15H16N2O3/c18-12-6-3-7-17-14(12)16-9-11(15(17)20)13(19)8-10-4-1-2-5-10/h3,6-7,9-10,18H,1-2,4-5,8H2. The first-order chi connectivity index (χ1) is 9.66. The Morgan fingerprint density at radius 1 is 1.40 bits per heavy atom. The van der Waals surface area contributed by atoms with Gasteiger partial charge in [0.2, 0.25) is 0 Å². The zero-order valence-corrected chi connectivity index (χ0v) is 11.1. The molecule has 0 unspecified atom stereocenters. The minimum absolute atomic E-state index is 0.0700. The van der Waals surface area contributed by atoms with E-state index in [9.17, 15) is 14.7 Å². The zero-order valence-electron chi connectivity index (χ0n) is 11.1. The third-order valence-corrected chi connectivity index (χ3v) is 3.96. The number of hydrogen-bond donors (Lipinski definition) is 1. The molecule has 0 saturated heterocycles. The molecule has 1 saturated carbocycles. The number of fused-ring (bicyclic) bond motifs is 1. The quantitative estimate of drug-likeness (QED) is 0.869. The van der Waals surface area contributed by atoms with Crippen molar-refractivity contribution in [1.82, 2.24) is 9.38 Å². The number of aromatic hydroxyl groups is 1. The van der Waals surface area contributed by atoms with Gasteiger partial charge in [-0.2, -0.15) is 0 Å². The molecule has 5 nitrogen and oxygen atoms in total. The Kier molecular flexibility index (Phi) is 3.26. The molecule has 104 valence electrons. The molecule has 0 bridgehead atoms. The van der Waals surface area contributed by atoms with Crippen LogP contribution in [0, 0.1) is 5.92 Å². The highest BCUT2D eigenvalue weighted by molar-refractivity contribution is 5.95. The molecule has 1 aliphatic carbocycles. The van der Waals surface area contributed by atoms with Crippen molar-refractivity contribution in [2.75, 3.05) is 0 Å². The molecule has 0 aromatic carbocycles. The van der Waals surface area contributed by atoms with Crippen LogP contribution in [0.1, 0.15) is 42.5 Å². The summed E-state index contributed by atoms with van der Waals surface area (Å²) in [6.07, 6.45) is 7.68. The van der Waals surface area contributed by atoms with Crippen LogP contribution in [0.3, 0.4) is 0 Å². The lowest BCUT2D eigenvalue weighted by Crippen LogP contribution is -2.23. The van der Waals surface area contributed by atoms with Gasteiger partial charge in [-0.25, -0.2) is 4.98 Å². The molecular formula is C15H16N2O3. The number of pyridine rings is 1. The van der Waals surface area contributed by atoms with Gasteiger partial charge in [-0.15, -0.1) is 0 Å². The second kappa shape index (κ2) is 5.07. The minimum atomic E-state index is -0.408. The van der Waals surface area contributed by atoms with E-state index < -0.39 is 5.56 Å². The van der Waals surface area contributed by atoms with Crippen molar-refractivity contribution in [2.24, 2.45) is 5.92 Å². The van der Waals surface area contributed by atoms with Gasteiger partial charge in [0.1, 0.15) is 5.56 Å². The van der Waals surface area contributed by atoms with Gasteiger partial charge in [-0.1, -0.05) is 25.7 Å². The minimum Gasteiger partial charge on any atom is -0.504 e. The van der Waals surface area contributed by atoms with E-state index in [2.05, 4.69) is 4.98 Å². The largest absolute Gasteiger partial charge is 0.504 e. The maximum absolute atomic E-state index is 12.3. The van der Waals surface area contributed by atoms with Crippen molar-refractivity contribution in [3.63, 3.8) is 0 Å². The van der Waals surface area contributed by atoms with Gasteiger partial charge in [0, 0.05) is 18.8 Å². The average Bonchev–Trinajstić information content (AvgIpc) is 2.93. The van der Waals surface area contributed by atoms with Crippen LogP contribution in [0.2, 0.25) is 0 Å². The monoisotopic (exact) mass is 272 g/mol. The first-order valence-electron chi connectivity index (χ1n) is 6.89. The number of Topliss-reactive ketones (excluding diaryl/α,β-unsaturated/α-hetero) is 1. The van der Waals surface area contributed by atoms with Crippen LogP contribution in [0.4, 0.5) is 0 Å². The SMILES string of the molecule is O=C(CC1CCCC1)c1cnc2c(O)cccn2c1=O. The third-order valence-electron chi connectivity index (χ3n) is 3.96. The summed E-state index contributed by atoms with van der Waals surface area (Å²) < 4.78 is 1.22. The highest BCUT2D eigenvalue weighted by Gasteiger charge is 2.21. The van der Waals surface area contributed by atoms with Gasteiger partial charge in [-0.3, -0.25) is 14.0 Å². The lowest BCUT2D eigenvalue weighted by Gasteiger charge is -2.08. The highest BCUT2D eigenvalue weighted by Crippen LogP contribution is 2.28. The summed E-state index contributed by atoms with van der Waals surface area (Å²) in [5.74, 6) is 0.179. The Labute approximate surface area is 115 Å². The highest BCUT2D eigenvalue weighted by atomic mass is 16.3. The number of hydrogen-bond acceptors (Lipinski definition) is 4. The molecule has 20 heavy (non-hydrogen) atoms. The molecule has 2 heterocycles. The van der Waals surface area contributed by atoms with Crippen molar-refractivity contribution in [1.29, 1.82) is 0 Å². The van der Waals surface area contributed by atoms with Crippen molar-refractivity contribution in [3.05, 3.63) is 40.4 Å². The summed E-state index contributed by atoms with van der Waals surface area (Å²) >= 11 is 0. The fourth-order valence-corrected chi connectivity index (χ4v) is 2.87. The number of rotatable bonds is 3. The van der Waals surface area contributed by atoms with Crippen molar-refractivity contribution in [2.45, 2.75) is 32.1 Å². The van der Waals surface area contributed by atoms with Gasteiger partial charge in [-0.05, 0) is 18.1 Å². The number of nitrogens with zero attached hydrogens (tertiary/aromatic N) is 2. The zero-order chi connectivity index (χ0) is 14.1. The molecule has 1 fully saturated rings. The number of carbonyl (C=O) groups excluding carboxylic acids is 1. The lowest BCUT2D eigenvalue weighted by atomic mass is 9.98. The molecule has 2 aromatic heterocycles. The molecule has 0 spiro atoms. The molecule has 0 amide bonds. The first kappa shape index (κ1) is 12.8. The molecule has 0 atom stereocenters. The summed E-state index contributed by atoms with van der Waals surface area (Å²) in [5.41, 5.74) is -0.121. The van der Waals surface area contributed by atoms with E-state index in [-0.39, 0.29) is 22.7 Å². The van der Waals surface area contributed by atoms with Crippen molar-refractivity contribution < 1.29 is 9.90 Å². The third kappa shape index (κ3) is 2.19. The summed E-state index contributed by atoms with van der Waals surface area (Å²) in [6, 6.07) is 3.01. The van der Waals surface area contributed by atoms with Crippen LogP contribution in [0.5, 0.6) is 5.75 Å². The smallest absolute Gasteiger partial charge is 0.268 e.